The Morgan fingerprint density at radius 2 is 1.61 bits per heavy atom. The number of nitrogens with one attached hydrogen (secondary N) is 2. The molecule has 0 saturated carbocycles. The van der Waals surface area contributed by atoms with E-state index in [0.29, 0.717) is 17.7 Å². The summed E-state index contributed by atoms with van der Waals surface area (Å²) in [7, 11) is 0. The third-order valence-corrected chi connectivity index (χ3v) is 3.08. The van der Waals surface area contributed by atoms with Crippen molar-refractivity contribution in [3.63, 3.8) is 0 Å². The third-order valence-electron chi connectivity index (χ3n) is 3.08. The van der Waals surface area contributed by atoms with Crippen molar-refractivity contribution in [2.24, 2.45) is 0 Å². The lowest BCUT2D eigenvalue weighted by molar-refractivity contribution is 0.0919. The second kappa shape index (κ2) is 7.05. The Morgan fingerprint density at radius 3 is 2.22 bits per heavy atom. The molecule has 2 rings (SSSR count). The minimum atomic E-state index is -0.323. The second-order valence-electron chi connectivity index (χ2n) is 6.32. The van der Waals surface area contributed by atoms with Crippen LogP contribution in [0.25, 0.3) is 0 Å². The molecule has 1 aromatic carbocycles. The molecule has 5 nitrogen and oxygen atoms in total. The Balaban J connectivity index is 2.04. The number of hydrogen-bond acceptors (Lipinski definition) is 3. The number of carbonyl (C=O) groups is 2. The Labute approximate surface area is 136 Å². The van der Waals surface area contributed by atoms with Gasteiger partial charge >= 0.3 is 0 Å². The van der Waals surface area contributed by atoms with E-state index < -0.39 is 0 Å². The number of carbonyl (C=O) groups excluding carboxylic acids is 2. The fourth-order valence-corrected chi connectivity index (χ4v) is 2.00. The van der Waals surface area contributed by atoms with Gasteiger partial charge in [0.25, 0.3) is 11.8 Å². The normalized spacial score (nSPS) is 10.9. The molecule has 0 radical (unpaired) electrons. The SMILES string of the molecule is CC(C)(C)NC(=O)c1cccc(C(=O)NCc2ccncc2)c1. The smallest absolute Gasteiger partial charge is 0.251 e. The quantitative estimate of drug-likeness (QED) is 0.911. The Hall–Kier alpha value is -2.69. The van der Waals surface area contributed by atoms with Crippen molar-refractivity contribution in [3.05, 3.63) is 65.5 Å². The van der Waals surface area contributed by atoms with Gasteiger partial charge in [0.1, 0.15) is 0 Å². The van der Waals surface area contributed by atoms with E-state index in [9.17, 15) is 9.59 Å². The maximum Gasteiger partial charge on any atom is 0.251 e. The topological polar surface area (TPSA) is 71.1 Å². The highest BCUT2D eigenvalue weighted by Crippen LogP contribution is 2.08. The van der Waals surface area contributed by atoms with Gasteiger partial charge in [-0.2, -0.15) is 0 Å². The maximum atomic E-state index is 12.2. The van der Waals surface area contributed by atoms with Gasteiger partial charge < -0.3 is 10.6 Å². The van der Waals surface area contributed by atoms with Crippen LogP contribution in [-0.4, -0.2) is 22.3 Å². The summed E-state index contributed by atoms with van der Waals surface area (Å²) in [5.74, 6) is -0.409. The standard InChI is InChI=1S/C18H21N3O2/c1-18(2,3)21-17(23)15-6-4-5-14(11-15)16(22)20-12-13-7-9-19-10-8-13/h4-11H,12H2,1-3H3,(H,20,22)(H,21,23). The van der Waals surface area contributed by atoms with Crippen molar-refractivity contribution in [1.82, 2.24) is 15.6 Å². The molecular weight excluding hydrogens is 290 g/mol. The van der Waals surface area contributed by atoms with E-state index >= 15 is 0 Å². The summed E-state index contributed by atoms with van der Waals surface area (Å²) in [5.41, 5.74) is 1.57. The molecule has 0 spiro atoms. The van der Waals surface area contributed by atoms with Gasteiger partial charge in [-0.3, -0.25) is 14.6 Å². The largest absolute Gasteiger partial charge is 0.348 e. The first-order chi connectivity index (χ1) is 10.8. The van der Waals surface area contributed by atoms with Crippen molar-refractivity contribution in [1.29, 1.82) is 0 Å². The van der Waals surface area contributed by atoms with E-state index in [0.717, 1.165) is 5.56 Å². The van der Waals surface area contributed by atoms with Crippen molar-refractivity contribution in [2.45, 2.75) is 32.9 Å². The Bertz CT molecular complexity index is 691. The molecule has 2 amide bonds. The van der Waals surface area contributed by atoms with Gasteiger partial charge in [-0.25, -0.2) is 0 Å². The number of hydrogen-bond donors (Lipinski definition) is 2. The predicted molar refractivity (Wildman–Crippen MR) is 89.1 cm³/mol. The number of nitrogens with zero attached hydrogens (tertiary/aromatic N) is 1. The van der Waals surface area contributed by atoms with E-state index in [1.165, 1.54) is 0 Å². The summed E-state index contributed by atoms with van der Waals surface area (Å²) < 4.78 is 0. The lowest BCUT2D eigenvalue weighted by atomic mass is 10.1. The van der Waals surface area contributed by atoms with E-state index in [4.69, 9.17) is 0 Å². The lowest BCUT2D eigenvalue weighted by Crippen LogP contribution is -2.40. The first kappa shape index (κ1) is 16.7. The van der Waals surface area contributed by atoms with Crippen molar-refractivity contribution >= 4 is 11.8 Å². The summed E-state index contributed by atoms with van der Waals surface area (Å²) in [6.45, 7) is 6.16. The highest BCUT2D eigenvalue weighted by Gasteiger charge is 2.16. The van der Waals surface area contributed by atoms with Crippen molar-refractivity contribution in [2.75, 3.05) is 0 Å². The molecule has 0 bridgehead atoms. The molecule has 0 aliphatic carbocycles. The number of benzene rings is 1. The molecule has 1 heterocycles. The average molecular weight is 311 g/mol. The van der Waals surface area contributed by atoms with E-state index in [-0.39, 0.29) is 17.4 Å². The van der Waals surface area contributed by atoms with Crippen LogP contribution in [0.5, 0.6) is 0 Å². The minimum absolute atomic E-state index is 0.193. The van der Waals surface area contributed by atoms with Crippen LogP contribution in [0.1, 0.15) is 47.1 Å². The molecule has 1 aromatic heterocycles. The van der Waals surface area contributed by atoms with Gasteiger partial charge in [-0.1, -0.05) is 6.07 Å². The summed E-state index contributed by atoms with van der Waals surface area (Å²) >= 11 is 0. The summed E-state index contributed by atoms with van der Waals surface area (Å²) in [6.07, 6.45) is 3.36. The van der Waals surface area contributed by atoms with E-state index in [1.807, 2.05) is 32.9 Å². The molecular formula is C18H21N3O2. The van der Waals surface area contributed by atoms with E-state index in [2.05, 4.69) is 15.6 Å². The zero-order valence-electron chi connectivity index (χ0n) is 13.6. The maximum absolute atomic E-state index is 12.2. The van der Waals surface area contributed by atoms with Crippen LogP contribution in [0, 0.1) is 0 Å². The fourth-order valence-electron chi connectivity index (χ4n) is 2.00. The number of aromatic nitrogens is 1. The molecule has 0 aliphatic heterocycles. The van der Waals surface area contributed by atoms with Gasteiger partial charge in [0.2, 0.25) is 0 Å². The monoisotopic (exact) mass is 311 g/mol. The van der Waals surface area contributed by atoms with Crippen LogP contribution in [0.2, 0.25) is 0 Å². The molecule has 0 fully saturated rings. The third kappa shape index (κ3) is 5.21. The fraction of sp³-hybridized carbons (Fsp3) is 0.278. The summed E-state index contributed by atoms with van der Waals surface area (Å²) in [5, 5.41) is 5.71. The van der Waals surface area contributed by atoms with Gasteiger partial charge in [-0.05, 0) is 56.7 Å². The minimum Gasteiger partial charge on any atom is -0.348 e. The number of pyridine rings is 1. The molecule has 0 aliphatic rings. The van der Waals surface area contributed by atoms with Crippen molar-refractivity contribution in [3.8, 4) is 0 Å². The highest BCUT2D eigenvalue weighted by molar-refractivity contribution is 5.99. The molecule has 2 N–H and O–H groups in total. The first-order valence-electron chi connectivity index (χ1n) is 7.45. The molecule has 0 saturated heterocycles. The van der Waals surface area contributed by atoms with Gasteiger partial charge in [0, 0.05) is 35.6 Å². The van der Waals surface area contributed by atoms with Crippen LogP contribution in [0.4, 0.5) is 0 Å². The molecule has 0 atom stereocenters. The molecule has 5 heteroatoms. The van der Waals surface area contributed by atoms with Gasteiger partial charge in [-0.15, -0.1) is 0 Å². The van der Waals surface area contributed by atoms with Crippen LogP contribution in [0.15, 0.2) is 48.8 Å². The number of amides is 2. The lowest BCUT2D eigenvalue weighted by Gasteiger charge is -2.20. The van der Waals surface area contributed by atoms with Crippen LogP contribution in [0.3, 0.4) is 0 Å². The average Bonchev–Trinajstić information content (AvgIpc) is 2.52. The predicted octanol–water partition coefficient (Wildman–Crippen LogP) is 2.54. The van der Waals surface area contributed by atoms with Crippen molar-refractivity contribution < 1.29 is 9.59 Å². The van der Waals surface area contributed by atoms with Crippen LogP contribution >= 0.6 is 0 Å². The zero-order chi connectivity index (χ0) is 16.9. The molecule has 120 valence electrons. The Kier molecular flexibility index (Phi) is 5.11. The second-order valence-corrected chi connectivity index (χ2v) is 6.32. The highest BCUT2D eigenvalue weighted by atomic mass is 16.2. The Morgan fingerprint density at radius 1 is 1.00 bits per heavy atom. The zero-order valence-corrected chi connectivity index (χ0v) is 13.6. The van der Waals surface area contributed by atoms with Gasteiger partial charge in [0.05, 0.1) is 0 Å². The van der Waals surface area contributed by atoms with Gasteiger partial charge in [0.15, 0.2) is 0 Å². The molecule has 2 aromatic rings. The summed E-state index contributed by atoms with van der Waals surface area (Å²) in [6, 6.07) is 10.4. The number of rotatable bonds is 4. The summed E-state index contributed by atoms with van der Waals surface area (Å²) in [4.78, 5) is 28.3. The van der Waals surface area contributed by atoms with E-state index in [1.54, 1.807) is 36.7 Å². The van der Waals surface area contributed by atoms with Crippen LogP contribution < -0.4 is 10.6 Å². The molecule has 23 heavy (non-hydrogen) atoms. The molecule has 0 unspecified atom stereocenters. The first-order valence-corrected chi connectivity index (χ1v) is 7.45. The van der Waals surface area contributed by atoms with Crippen LogP contribution in [-0.2, 0) is 6.54 Å².